The molecular formula is C17H21N. The zero-order valence-corrected chi connectivity index (χ0v) is 11.6. The Morgan fingerprint density at radius 3 is 2.11 bits per heavy atom. The molecule has 1 atom stereocenters. The van der Waals surface area contributed by atoms with Crippen molar-refractivity contribution in [2.24, 2.45) is 5.73 Å². The molecule has 0 amide bonds. The van der Waals surface area contributed by atoms with Crippen molar-refractivity contribution in [2.75, 3.05) is 0 Å². The summed E-state index contributed by atoms with van der Waals surface area (Å²) in [4.78, 5) is 0. The summed E-state index contributed by atoms with van der Waals surface area (Å²) in [7, 11) is 0. The van der Waals surface area contributed by atoms with Crippen LogP contribution in [0, 0.1) is 20.8 Å². The first-order valence-electron chi connectivity index (χ1n) is 6.35. The number of hydrogen-bond donors (Lipinski definition) is 1. The van der Waals surface area contributed by atoms with Gasteiger partial charge in [-0.25, -0.2) is 0 Å². The van der Waals surface area contributed by atoms with Crippen LogP contribution < -0.4 is 5.73 Å². The Labute approximate surface area is 110 Å². The van der Waals surface area contributed by atoms with Crippen molar-refractivity contribution < 1.29 is 0 Å². The highest BCUT2D eigenvalue weighted by atomic mass is 14.7. The van der Waals surface area contributed by atoms with Gasteiger partial charge in [0.25, 0.3) is 0 Å². The Morgan fingerprint density at radius 1 is 0.833 bits per heavy atom. The summed E-state index contributed by atoms with van der Waals surface area (Å²) < 4.78 is 0. The van der Waals surface area contributed by atoms with E-state index < -0.39 is 5.54 Å². The molecule has 0 aromatic heterocycles. The summed E-state index contributed by atoms with van der Waals surface area (Å²) in [6.45, 7) is 8.45. The molecule has 0 heterocycles. The predicted molar refractivity (Wildman–Crippen MR) is 77.7 cm³/mol. The van der Waals surface area contributed by atoms with E-state index in [0.717, 1.165) is 0 Å². The van der Waals surface area contributed by atoms with Crippen LogP contribution in [-0.4, -0.2) is 0 Å². The minimum Gasteiger partial charge on any atom is -0.318 e. The largest absolute Gasteiger partial charge is 0.318 e. The van der Waals surface area contributed by atoms with Gasteiger partial charge in [0.15, 0.2) is 0 Å². The van der Waals surface area contributed by atoms with E-state index in [9.17, 15) is 0 Å². The Balaban J connectivity index is 2.54. The molecule has 1 heteroatoms. The number of benzene rings is 2. The van der Waals surface area contributed by atoms with E-state index in [1.807, 2.05) is 0 Å². The van der Waals surface area contributed by atoms with Crippen LogP contribution >= 0.6 is 0 Å². The molecule has 2 rings (SSSR count). The molecule has 0 aliphatic rings. The lowest BCUT2D eigenvalue weighted by Gasteiger charge is -2.28. The van der Waals surface area contributed by atoms with Gasteiger partial charge in [0, 0.05) is 0 Å². The second-order valence-corrected chi connectivity index (χ2v) is 5.32. The second-order valence-electron chi connectivity index (χ2n) is 5.32. The molecule has 0 radical (unpaired) electrons. The first kappa shape index (κ1) is 12.8. The normalized spacial score (nSPS) is 14.3. The minimum absolute atomic E-state index is 0.441. The van der Waals surface area contributed by atoms with Gasteiger partial charge in [-0.3, -0.25) is 0 Å². The summed E-state index contributed by atoms with van der Waals surface area (Å²) in [5, 5.41) is 0. The molecule has 2 aromatic carbocycles. The molecule has 2 N–H and O–H groups in total. The van der Waals surface area contributed by atoms with Crippen molar-refractivity contribution in [1.82, 2.24) is 0 Å². The van der Waals surface area contributed by atoms with E-state index in [1.165, 1.54) is 27.8 Å². The summed E-state index contributed by atoms with van der Waals surface area (Å²) in [5.41, 5.74) is 12.3. The lowest BCUT2D eigenvalue weighted by atomic mass is 9.82. The fourth-order valence-electron chi connectivity index (χ4n) is 2.38. The third-order valence-electron chi connectivity index (χ3n) is 3.81. The predicted octanol–water partition coefficient (Wildman–Crippen LogP) is 3.83. The topological polar surface area (TPSA) is 26.0 Å². The maximum absolute atomic E-state index is 6.58. The highest BCUT2D eigenvalue weighted by Gasteiger charge is 2.25. The first-order chi connectivity index (χ1) is 8.43. The molecule has 18 heavy (non-hydrogen) atoms. The average Bonchev–Trinajstić information content (AvgIpc) is 2.33. The molecule has 1 unspecified atom stereocenters. The maximum Gasteiger partial charge on any atom is 0.0639 e. The fraction of sp³-hybridized carbons (Fsp3) is 0.294. The van der Waals surface area contributed by atoms with Gasteiger partial charge in [0.2, 0.25) is 0 Å². The summed E-state index contributed by atoms with van der Waals surface area (Å²) in [6, 6.07) is 14.8. The minimum atomic E-state index is -0.441. The number of aryl methyl sites for hydroxylation is 3. The third-order valence-corrected chi connectivity index (χ3v) is 3.81. The molecule has 0 aliphatic carbocycles. The fourth-order valence-corrected chi connectivity index (χ4v) is 2.38. The molecule has 0 saturated carbocycles. The number of nitrogens with two attached hydrogens (primary N) is 1. The van der Waals surface area contributed by atoms with Gasteiger partial charge < -0.3 is 5.73 Å². The van der Waals surface area contributed by atoms with E-state index in [0.29, 0.717) is 0 Å². The Hall–Kier alpha value is -1.60. The zero-order valence-electron chi connectivity index (χ0n) is 11.6. The Morgan fingerprint density at radius 2 is 1.50 bits per heavy atom. The van der Waals surface area contributed by atoms with Gasteiger partial charge in [-0.15, -0.1) is 0 Å². The van der Waals surface area contributed by atoms with Crippen molar-refractivity contribution in [1.29, 1.82) is 0 Å². The summed E-state index contributed by atoms with van der Waals surface area (Å²) in [5.74, 6) is 0. The molecule has 94 valence electrons. The standard InChI is InChI=1S/C17H21N/c1-12-9-10-15(11-14(12)3)17(4,18)16-8-6-5-7-13(16)2/h5-11H,18H2,1-4H3. The maximum atomic E-state index is 6.58. The van der Waals surface area contributed by atoms with Crippen molar-refractivity contribution in [3.8, 4) is 0 Å². The molecule has 0 bridgehead atoms. The van der Waals surface area contributed by atoms with Crippen LogP contribution in [0.25, 0.3) is 0 Å². The molecule has 0 fully saturated rings. The number of hydrogen-bond acceptors (Lipinski definition) is 1. The highest BCUT2D eigenvalue weighted by molar-refractivity contribution is 5.43. The van der Waals surface area contributed by atoms with Gasteiger partial charge in [-0.2, -0.15) is 0 Å². The molecular weight excluding hydrogens is 218 g/mol. The van der Waals surface area contributed by atoms with Crippen LogP contribution in [-0.2, 0) is 5.54 Å². The van der Waals surface area contributed by atoms with Crippen LogP contribution in [0.5, 0.6) is 0 Å². The Kier molecular flexibility index (Phi) is 3.27. The van der Waals surface area contributed by atoms with Gasteiger partial charge in [0.1, 0.15) is 0 Å². The lowest BCUT2D eigenvalue weighted by molar-refractivity contribution is 0.598. The van der Waals surface area contributed by atoms with Crippen molar-refractivity contribution in [2.45, 2.75) is 33.2 Å². The van der Waals surface area contributed by atoms with Crippen molar-refractivity contribution in [3.63, 3.8) is 0 Å². The summed E-state index contributed by atoms with van der Waals surface area (Å²) in [6.07, 6.45) is 0. The molecule has 0 spiro atoms. The Bertz CT molecular complexity index is 568. The van der Waals surface area contributed by atoms with E-state index >= 15 is 0 Å². The third kappa shape index (κ3) is 2.19. The van der Waals surface area contributed by atoms with Gasteiger partial charge >= 0.3 is 0 Å². The smallest absolute Gasteiger partial charge is 0.0639 e. The van der Waals surface area contributed by atoms with E-state index in [1.54, 1.807) is 0 Å². The van der Waals surface area contributed by atoms with Gasteiger partial charge in [0.05, 0.1) is 5.54 Å². The lowest BCUT2D eigenvalue weighted by Crippen LogP contribution is -2.35. The summed E-state index contributed by atoms with van der Waals surface area (Å²) >= 11 is 0. The number of rotatable bonds is 2. The van der Waals surface area contributed by atoms with Crippen LogP contribution in [0.4, 0.5) is 0 Å². The SMILES string of the molecule is Cc1ccc(C(C)(N)c2ccccc2C)cc1C. The molecule has 1 nitrogen and oxygen atoms in total. The first-order valence-corrected chi connectivity index (χ1v) is 6.35. The molecule has 0 aliphatic heterocycles. The zero-order chi connectivity index (χ0) is 13.3. The molecule has 0 saturated heterocycles. The highest BCUT2D eigenvalue weighted by Crippen LogP contribution is 2.29. The van der Waals surface area contributed by atoms with Gasteiger partial charge in [-0.1, -0.05) is 42.5 Å². The van der Waals surface area contributed by atoms with E-state index in [4.69, 9.17) is 5.73 Å². The van der Waals surface area contributed by atoms with Crippen molar-refractivity contribution >= 4 is 0 Å². The van der Waals surface area contributed by atoms with Crippen molar-refractivity contribution in [3.05, 3.63) is 70.3 Å². The van der Waals surface area contributed by atoms with Gasteiger partial charge in [-0.05, 0) is 55.5 Å². The second kappa shape index (κ2) is 4.58. The van der Waals surface area contributed by atoms with E-state index in [2.05, 4.69) is 70.2 Å². The van der Waals surface area contributed by atoms with E-state index in [-0.39, 0.29) is 0 Å². The van der Waals surface area contributed by atoms with Crippen LogP contribution in [0.15, 0.2) is 42.5 Å². The van der Waals surface area contributed by atoms with Crippen LogP contribution in [0.3, 0.4) is 0 Å². The quantitative estimate of drug-likeness (QED) is 0.846. The van der Waals surface area contributed by atoms with Crippen LogP contribution in [0.2, 0.25) is 0 Å². The monoisotopic (exact) mass is 239 g/mol. The molecule has 2 aromatic rings. The van der Waals surface area contributed by atoms with Crippen LogP contribution in [0.1, 0.15) is 34.7 Å². The average molecular weight is 239 g/mol.